The van der Waals surface area contributed by atoms with Crippen molar-refractivity contribution in [1.82, 2.24) is 15.1 Å². The third-order valence-corrected chi connectivity index (χ3v) is 4.36. The van der Waals surface area contributed by atoms with Crippen molar-refractivity contribution in [3.63, 3.8) is 0 Å². The van der Waals surface area contributed by atoms with Crippen molar-refractivity contribution in [3.8, 4) is 0 Å². The molecule has 1 aromatic carbocycles. The average Bonchev–Trinajstić information content (AvgIpc) is 2.53. The van der Waals surface area contributed by atoms with Crippen molar-refractivity contribution < 1.29 is 4.79 Å². The van der Waals surface area contributed by atoms with Crippen LogP contribution in [-0.2, 0) is 13.0 Å². The minimum Gasteiger partial charge on any atom is -0.369 e. The monoisotopic (exact) mass is 288 g/mol. The van der Waals surface area contributed by atoms with Crippen LogP contribution >= 0.6 is 0 Å². The molecule has 1 N–H and O–H groups in total. The Morgan fingerprint density at radius 1 is 1.19 bits per heavy atom. The van der Waals surface area contributed by atoms with Crippen LogP contribution in [-0.4, -0.2) is 62.7 Å². The number of nitrogens with one attached hydrogen (secondary N) is 1. The summed E-state index contributed by atoms with van der Waals surface area (Å²) in [5.74, 6) is 0. The predicted octanol–water partition coefficient (Wildman–Crippen LogP) is 1.14. The molecule has 0 aliphatic carbocycles. The standard InChI is InChI=1S/C16H24N4O/c1-18(2)16(21)20-9-6-13-4-3-5-15(14(13)12-20)19-10-7-17-8-11-19/h3-5,17H,6-12H2,1-2H3. The molecule has 0 bridgehead atoms. The second-order valence-electron chi connectivity index (χ2n) is 6.00. The number of carbonyl (C=O) groups is 1. The molecule has 2 amide bonds. The van der Waals surface area contributed by atoms with E-state index in [0.717, 1.165) is 45.7 Å². The maximum absolute atomic E-state index is 12.2. The molecule has 1 fully saturated rings. The number of anilines is 1. The fourth-order valence-corrected chi connectivity index (χ4v) is 3.21. The number of piperazine rings is 1. The minimum absolute atomic E-state index is 0.107. The van der Waals surface area contributed by atoms with Crippen molar-refractivity contribution in [3.05, 3.63) is 29.3 Å². The summed E-state index contributed by atoms with van der Waals surface area (Å²) < 4.78 is 0. The minimum atomic E-state index is 0.107. The third kappa shape index (κ3) is 2.83. The lowest BCUT2D eigenvalue weighted by molar-refractivity contribution is 0.165. The third-order valence-electron chi connectivity index (χ3n) is 4.36. The number of urea groups is 1. The van der Waals surface area contributed by atoms with Crippen LogP contribution in [0.4, 0.5) is 10.5 Å². The highest BCUT2D eigenvalue weighted by molar-refractivity contribution is 5.75. The lowest BCUT2D eigenvalue weighted by Gasteiger charge is -2.36. The summed E-state index contributed by atoms with van der Waals surface area (Å²) in [6.45, 7) is 5.69. The fraction of sp³-hybridized carbons (Fsp3) is 0.562. The lowest BCUT2D eigenvalue weighted by atomic mass is 9.97. The summed E-state index contributed by atoms with van der Waals surface area (Å²) >= 11 is 0. The van der Waals surface area contributed by atoms with Gasteiger partial charge in [-0.3, -0.25) is 0 Å². The Labute approximate surface area is 126 Å². The van der Waals surface area contributed by atoms with E-state index in [1.807, 2.05) is 19.0 Å². The van der Waals surface area contributed by atoms with Crippen molar-refractivity contribution in [2.45, 2.75) is 13.0 Å². The summed E-state index contributed by atoms with van der Waals surface area (Å²) in [4.78, 5) is 18.3. The fourth-order valence-electron chi connectivity index (χ4n) is 3.21. The molecule has 5 nitrogen and oxygen atoms in total. The zero-order valence-electron chi connectivity index (χ0n) is 12.9. The molecule has 2 aliphatic heterocycles. The molecule has 1 saturated heterocycles. The Morgan fingerprint density at radius 2 is 1.95 bits per heavy atom. The van der Waals surface area contributed by atoms with E-state index >= 15 is 0 Å². The van der Waals surface area contributed by atoms with Crippen LogP contribution in [0, 0.1) is 0 Å². The highest BCUT2D eigenvalue weighted by Gasteiger charge is 2.25. The van der Waals surface area contributed by atoms with Gasteiger partial charge in [0, 0.05) is 59.1 Å². The normalized spacial score (nSPS) is 18.4. The van der Waals surface area contributed by atoms with E-state index in [0.29, 0.717) is 0 Å². The van der Waals surface area contributed by atoms with Gasteiger partial charge in [-0.25, -0.2) is 4.79 Å². The average molecular weight is 288 g/mol. The van der Waals surface area contributed by atoms with Crippen molar-refractivity contribution in [2.75, 3.05) is 51.7 Å². The molecular formula is C16H24N4O. The number of fused-ring (bicyclic) bond motifs is 1. The van der Waals surface area contributed by atoms with Crippen LogP contribution in [0.1, 0.15) is 11.1 Å². The van der Waals surface area contributed by atoms with Gasteiger partial charge in [0.1, 0.15) is 0 Å². The Hall–Kier alpha value is -1.75. The molecular weight excluding hydrogens is 264 g/mol. The summed E-state index contributed by atoms with van der Waals surface area (Å²) in [6.07, 6.45) is 0.953. The van der Waals surface area contributed by atoms with Gasteiger partial charge in [-0.05, 0) is 23.6 Å². The van der Waals surface area contributed by atoms with Gasteiger partial charge in [-0.15, -0.1) is 0 Å². The number of hydrogen-bond acceptors (Lipinski definition) is 3. The van der Waals surface area contributed by atoms with E-state index in [1.165, 1.54) is 16.8 Å². The number of carbonyl (C=O) groups excluding carboxylic acids is 1. The zero-order chi connectivity index (χ0) is 14.8. The van der Waals surface area contributed by atoms with E-state index in [1.54, 1.807) is 4.90 Å². The summed E-state index contributed by atoms with van der Waals surface area (Å²) in [7, 11) is 3.64. The van der Waals surface area contributed by atoms with Crippen LogP contribution in [0.5, 0.6) is 0 Å². The summed E-state index contributed by atoms with van der Waals surface area (Å²) in [5.41, 5.74) is 4.04. The molecule has 3 rings (SSSR count). The van der Waals surface area contributed by atoms with Crippen LogP contribution in [0.3, 0.4) is 0 Å². The van der Waals surface area contributed by atoms with Gasteiger partial charge < -0.3 is 20.0 Å². The van der Waals surface area contributed by atoms with Gasteiger partial charge in [0.15, 0.2) is 0 Å². The molecule has 1 aromatic rings. The first-order valence-corrected chi connectivity index (χ1v) is 7.69. The quantitative estimate of drug-likeness (QED) is 0.842. The predicted molar refractivity (Wildman–Crippen MR) is 84.7 cm³/mol. The van der Waals surface area contributed by atoms with Crippen molar-refractivity contribution in [1.29, 1.82) is 0 Å². The Morgan fingerprint density at radius 3 is 2.67 bits per heavy atom. The molecule has 0 atom stereocenters. The number of nitrogens with zero attached hydrogens (tertiary/aromatic N) is 3. The molecule has 0 aromatic heterocycles. The van der Waals surface area contributed by atoms with Crippen LogP contribution in [0.15, 0.2) is 18.2 Å². The smallest absolute Gasteiger partial charge is 0.319 e. The van der Waals surface area contributed by atoms with E-state index < -0.39 is 0 Å². The number of benzene rings is 1. The summed E-state index contributed by atoms with van der Waals surface area (Å²) in [5, 5.41) is 3.39. The number of hydrogen-bond donors (Lipinski definition) is 1. The molecule has 2 aliphatic rings. The number of amides is 2. The van der Waals surface area contributed by atoms with Gasteiger partial charge in [0.2, 0.25) is 0 Å². The Balaban J connectivity index is 1.86. The first-order chi connectivity index (χ1) is 10.2. The Kier molecular flexibility index (Phi) is 4.01. The van der Waals surface area contributed by atoms with Crippen molar-refractivity contribution in [2.24, 2.45) is 0 Å². The van der Waals surface area contributed by atoms with Gasteiger partial charge >= 0.3 is 6.03 Å². The molecule has 0 radical (unpaired) electrons. The molecule has 21 heavy (non-hydrogen) atoms. The number of rotatable bonds is 1. The molecule has 5 heteroatoms. The SMILES string of the molecule is CN(C)C(=O)N1CCc2cccc(N3CCNCC3)c2C1. The summed E-state index contributed by atoms with van der Waals surface area (Å²) in [6, 6.07) is 6.67. The second kappa shape index (κ2) is 5.93. The molecule has 0 saturated carbocycles. The highest BCUT2D eigenvalue weighted by atomic mass is 16.2. The van der Waals surface area contributed by atoms with Gasteiger partial charge in [-0.2, -0.15) is 0 Å². The molecule has 2 heterocycles. The van der Waals surface area contributed by atoms with Crippen LogP contribution in [0.2, 0.25) is 0 Å². The van der Waals surface area contributed by atoms with E-state index in [4.69, 9.17) is 0 Å². The second-order valence-corrected chi connectivity index (χ2v) is 6.00. The van der Waals surface area contributed by atoms with E-state index in [-0.39, 0.29) is 6.03 Å². The maximum Gasteiger partial charge on any atom is 0.319 e. The van der Waals surface area contributed by atoms with E-state index in [9.17, 15) is 4.79 Å². The van der Waals surface area contributed by atoms with Gasteiger partial charge in [-0.1, -0.05) is 12.1 Å². The molecule has 114 valence electrons. The molecule has 0 unspecified atom stereocenters. The largest absolute Gasteiger partial charge is 0.369 e. The van der Waals surface area contributed by atoms with Crippen LogP contribution in [0.25, 0.3) is 0 Å². The van der Waals surface area contributed by atoms with Crippen molar-refractivity contribution >= 4 is 11.7 Å². The maximum atomic E-state index is 12.2. The topological polar surface area (TPSA) is 38.8 Å². The Bertz CT molecular complexity index is 523. The molecule has 0 spiro atoms. The van der Waals surface area contributed by atoms with Gasteiger partial charge in [0.05, 0.1) is 0 Å². The van der Waals surface area contributed by atoms with Gasteiger partial charge in [0.25, 0.3) is 0 Å². The first kappa shape index (κ1) is 14.2. The lowest BCUT2D eigenvalue weighted by Crippen LogP contribution is -2.45. The van der Waals surface area contributed by atoms with Crippen LogP contribution < -0.4 is 10.2 Å². The zero-order valence-corrected chi connectivity index (χ0v) is 12.9. The van der Waals surface area contributed by atoms with E-state index in [2.05, 4.69) is 28.4 Å². The highest BCUT2D eigenvalue weighted by Crippen LogP contribution is 2.29. The first-order valence-electron chi connectivity index (χ1n) is 7.69.